The molecule has 0 bridgehead atoms. The summed E-state index contributed by atoms with van der Waals surface area (Å²) < 4.78 is 134. The Bertz CT molecular complexity index is 1440. The van der Waals surface area contributed by atoms with Crippen LogP contribution in [0.4, 0.5) is 55.3 Å². The number of rotatable bonds is 5. The lowest BCUT2D eigenvalue weighted by Crippen LogP contribution is -2.50. The number of hydrogen-bond acceptors (Lipinski definition) is 3. The van der Waals surface area contributed by atoms with Crippen LogP contribution in [0.15, 0.2) is 63.8 Å². The van der Waals surface area contributed by atoms with E-state index in [1.54, 1.807) is 5.32 Å². The molecular weight excluding hydrogens is 700 g/mol. The number of anilines is 2. The number of carbonyl (C=O) groups excluding carboxylic acids is 2. The lowest BCUT2D eigenvalue weighted by Gasteiger charge is -2.31. The Morgan fingerprint density at radius 2 is 1.38 bits per heavy atom. The van der Waals surface area contributed by atoms with E-state index in [0.717, 1.165) is 12.1 Å². The molecule has 214 valence electrons. The molecule has 2 aromatic carbocycles. The summed E-state index contributed by atoms with van der Waals surface area (Å²) in [6, 6.07) is 6.72. The lowest BCUT2D eigenvalue weighted by molar-refractivity contribution is -0.348. The Morgan fingerprint density at radius 1 is 0.750 bits per heavy atom. The molecule has 0 atom stereocenters. The van der Waals surface area contributed by atoms with Gasteiger partial charge in [0, 0.05) is 27.5 Å². The number of halogens is 12. The molecule has 2 N–H and O–H groups in total. The largest absolute Gasteiger partial charge is 0.435 e. The number of nitrogens with one attached hydrogen (secondary N) is 2. The van der Waals surface area contributed by atoms with E-state index in [0.29, 0.717) is 0 Å². The van der Waals surface area contributed by atoms with Crippen molar-refractivity contribution in [1.82, 2.24) is 4.98 Å². The minimum atomic E-state index is -6.67. The first-order valence-electron chi connectivity index (χ1n) is 10.3. The number of alkyl halides is 10. The first-order valence-corrected chi connectivity index (χ1v) is 11.9. The molecule has 2 amide bonds. The van der Waals surface area contributed by atoms with Gasteiger partial charge in [0.1, 0.15) is 4.60 Å². The molecule has 0 fully saturated rings. The van der Waals surface area contributed by atoms with Gasteiger partial charge < -0.3 is 10.6 Å². The lowest BCUT2D eigenvalue weighted by atomic mass is 9.92. The Morgan fingerprint density at radius 3 is 1.93 bits per heavy atom. The second kappa shape index (κ2) is 11.0. The molecule has 17 heteroatoms. The van der Waals surface area contributed by atoms with Crippen LogP contribution in [-0.2, 0) is 11.8 Å². The quantitative estimate of drug-likeness (QED) is 0.206. The molecule has 0 aliphatic rings. The molecular formula is C23H11Br2F10N3O2. The fourth-order valence-corrected chi connectivity index (χ4v) is 4.31. The first kappa shape index (κ1) is 31.3. The van der Waals surface area contributed by atoms with Crippen LogP contribution in [0.5, 0.6) is 0 Å². The van der Waals surface area contributed by atoms with Crippen molar-refractivity contribution in [2.45, 2.75) is 24.2 Å². The zero-order valence-corrected chi connectivity index (χ0v) is 22.2. The average Bonchev–Trinajstić information content (AvgIpc) is 2.82. The van der Waals surface area contributed by atoms with Gasteiger partial charge in [-0.05, 0) is 74.3 Å². The van der Waals surface area contributed by atoms with Gasteiger partial charge in [0.15, 0.2) is 0 Å². The Labute approximate surface area is 234 Å². The fraction of sp³-hybridized carbons (Fsp3) is 0.174. The summed E-state index contributed by atoms with van der Waals surface area (Å²) in [6.07, 6.45) is -17.6. The number of nitrogens with zero attached hydrogens (tertiary/aromatic N) is 1. The Balaban J connectivity index is 2.00. The zero-order valence-electron chi connectivity index (χ0n) is 19.0. The van der Waals surface area contributed by atoms with Gasteiger partial charge in [-0.15, -0.1) is 0 Å². The normalized spacial score (nSPS) is 12.7. The monoisotopic (exact) mass is 709 g/mol. The highest BCUT2D eigenvalue weighted by Gasteiger charge is 2.73. The van der Waals surface area contributed by atoms with Crippen LogP contribution in [0.25, 0.3) is 0 Å². The van der Waals surface area contributed by atoms with Gasteiger partial charge in [0.2, 0.25) is 0 Å². The third-order valence-corrected chi connectivity index (χ3v) is 6.46. The van der Waals surface area contributed by atoms with Gasteiger partial charge in [-0.25, -0.2) is 9.37 Å². The van der Waals surface area contributed by atoms with Crippen LogP contribution in [0, 0.1) is 0 Å². The van der Waals surface area contributed by atoms with Crippen LogP contribution >= 0.6 is 31.9 Å². The van der Waals surface area contributed by atoms with Gasteiger partial charge in [0.25, 0.3) is 11.8 Å². The number of benzene rings is 2. The molecule has 0 saturated carbocycles. The van der Waals surface area contributed by atoms with Gasteiger partial charge >= 0.3 is 24.2 Å². The Kier molecular flexibility index (Phi) is 8.60. The van der Waals surface area contributed by atoms with Crippen molar-refractivity contribution in [2.75, 3.05) is 10.6 Å². The summed E-state index contributed by atoms with van der Waals surface area (Å²) >= 11 is 5.49. The van der Waals surface area contributed by atoms with Gasteiger partial charge in [0.05, 0.1) is 16.8 Å². The van der Waals surface area contributed by atoms with Crippen molar-refractivity contribution in [1.29, 1.82) is 0 Å². The number of aromatic nitrogens is 1. The van der Waals surface area contributed by atoms with E-state index in [2.05, 4.69) is 42.2 Å². The van der Waals surface area contributed by atoms with Gasteiger partial charge in [-0.2, -0.15) is 39.5 Å². The van der Waals surface area contributed by atoms with Crippen molar-refractivity contribution in [3.63, 3.8) is 0 Å². The SMILES string of the molecule is O=C(Nc1c(Br)cc(C(F)(C(F)(F)F)C(F)(F)F)cc1C(F)(F)F)c1cccc(NC(=O)c2cccnc2Br)c1. The average molecular weight is 711 g/mol. The van der Waals surface area contributed by atoms with E-state index < -0.39 is 63.4 Å². The van der Waals surface area contributed by atoms with E-state index in [4.69, 9.17) is 0 Å². The molecule has 40 heavy (non-hydrogen) atoms. The fourth-order valence-electron chi connectivity index (χ4n) is 3.32. The third-order valence-electron chi connectivity index (χ3n) is 5.20. The maximum Gasteiger partial charge on any atom is 0.435 e. The minimum Gasteiger partial charge on any atom is -0.322 e. The molecule has 0 unspecified atom stereocenters. The molecule has 3 rings (SSSR count). The number of hydrogen-bond donors (Lipinski definition) is 2. The van der Waals surface area contributed by atoms with E-state index in [1.165, 1.54) is 30.5 Å². The number of carbonyl (C=O) groups is 2. The van der Waals surface area contributed by atoms with Crippen LogP contribution in [0.3, 0.4) is 0 Å². The Hall–Kier alpha value is -3.21. The van der Waals surface area contributed by atoms with Crippen LogP contribution in [0.1, 0.15) is 31.8 Å². The van der Waals surface area contributed by atoms with Crippen LogP contribution < -0.4 is 10.6 Å². The second-order valence-electron chi connectivity index (χ2n) is 7.86. The number of pyridine rings is 1. The number of amides is 2. The van der Waals surface area contributed by atoms with Crippen molar-refractivity contribution in [3.05, 3.63) is 86.1 Å². The maximum absolute atomic E-state index is 14.5. The standard InChI is InChI=1S/C23H11Br2F10N3O2/c24-15-9-11(20(26,22(30,31)32)23(33,34)35)8-14(21(27,28)29)16(15)38-18(39)10-3-1-4-12(7-10)37-19(40)13-5-2-6-36-17(13)25/h1-9H,(H,37,40)(H,38,39). The molecule has 1 heterocycles. The van der Waals surface area contributed by atoms with E-state index in [-0.39, 0.29) is 27.5 Å². The summed E-state index contributed by atoms with van der Waals surface area (Å²) in [7, 11) is 0. The third kappa shape index (κ3) is 6.24. The summed E-state index contributed by atoms with van der Waals surface area (Å²) in [5.74, 6) is -1.98. The van der Waals surface area contributed by atoms with Crippen molar-refractivity contribution < 1.29 is 53.5 Å². The molecule has 1 aromatic heterocycles. The molecule has 0 aliphatic heterocycles. The zero-order chi connectivity index (χ0) is 30.3. The van der Waals surface area contributed by atoms with Gasteiger partial charge in [-0.1, -0.05) is 6.07 Å². The van der Waals surface area contributed by atoms with E-state index >= 15 is 0 Å². The first-order chi connectivity index (χ1) is 18.3. The second-order valence-corrected chi connectivity index (χ2v) is 9.47. The molecule has 0 saturated heterocycles. The highest BCUT2D eigenvalue weighted by molar-refractivity contribution is 9.10. The molecule has 0 radical (unpaired) electrons. The van der Waals surface area contributed by atoms with Crippen molar-refractivity contribution in [3.8, 4) is 0 Å². The molecule has 5 nitrogen and oxygen atoms in total. The van der Waals surface area contributed by atoms with E-state index in [9.17, 15) is 53.5 Å². The summed E-state index contributed by atoms with van der Waals surface area (Å²) in [4.78, 5) is 29.1. The van der Waals surface area contributed by atoms with E-state index in [1.807, 2.05) is 0 Å². The minimum absolute atomic E-state index is 0.00331. The van der Waals surface area contributed by atoms with Crippen LogP contribution in [-0.4, -0.2) is 29.2 Å². The predicted octanol–water partition coefficient (Wildman–Crippen LogP) is 8.42. The molecule has 0 aliphatic carbocycles. The van der Waals surface area contributed by atoms with Crippen LogP contribution in [0.2, 0.25) is 0 Å². The smallest absolute Gasteiger partial charge is 0.322 e. The summed E-state index contributed by atoms with van der Waals surface area (Å²) in [5, 5.41) is 4.18. The molecule has 0 spiro atoms. The van der Waals surface area contributed by atoms with Crippen molar-refractivity contribution >= 4 is 55.0 Å². The van der Waals surface area contributed by atoms with Crippen molar-refractivity contribution in [2.24, 2.45) is 0 Å². The molecule has 3 aromatic rings. The highest BCUT2D eigenvalue weighted by Crippen LogP contribution is 2.55. The summed E-state index contributed by atoms with van der Waals surface area (Å²) in [6.45, 7) is 0. The maximum atomic E-state index is 14.5. The topological polar surface area (TPSA) is 71.1 Å². The highest BCUT2D eigenvalue weighted by atomic mass is 79.9. The van der Waals surface area contributed by atoms with Gasteiger partial charge in [-0.3, -0.25) is 9.59 Å². The summed E-state index contributed by atoms with van der Waals surface area (Å²) in [5.41, 5.74) is -12.3. The predicted molar refractivity (Wildman–Crippen MR) is 128 cm³/mol.